The van der Waals surface area contributed by atoms with Crippen LogP contribution >= 0.6 is 0 Å². The van der Waals surface area contributed by atoms with Crippen LogP contribution in [0.3, 0.4) is 0 Å². The van der Waals surface area contributed by atoms with Gasteiger partial charge < -0.3 is 9.47 Å². The van der Waals surface area contributed by atoms with Gasteiger partial charge in [0.05, 0.1) is 7.11 Å². The highest BCUT2D eigenvalue weighted by Gasteiger charge is 2.05. The summed E-state index contributed by atoms with van der Waals surface area (Å²) in [4.78, 5) is 21.6. The molecule has 0 atom stereocenters. The molecule has 0 heterocycles. The van der Waals surface area contributed by atoms with Gasteiger partial charge >= 0.3 is 11.9 Å². The number of esters is 2. The van der Waals surface area contributed by atoms with Crippen molar-refractivity contribution in [3.05, 3.63) is 35.9 Å². The van der Waals surface area contributed by atoms with Crippen LogP contribution in [0.1, 0.15) is 46.1 Å². The first-order chi connectivity index (χ1) is 10.3. The number of ether oxygens (including phenoxy) is 2. The Bertz CT molecular complexity index is 424. The van der Waals surface area contributed by atoms with E-state index < -0.39 is 0 Å². The second-order valence-corrected chi connectivity index (χ2v) is 5.92. The van der Waals surface area contributed by atoms with Crippen LogP contribution in [0.15, 0.2) is 30.3 Å². The van der Waals surface area contributed by atoms with Gasteiger partial charge in [0.1, 0.15) is 6.61 Å². The molecule has 0 bridgehead atoms. The molecule has 0 amide bonds. The van der Waals surface area contributed by atoms with Gasteiger partial charge in [0.25, 0.3) is 0 Å². The number of benzene rings is 1. The van der Waals surface area contributed by atoms with Gasteiger partial charge in [-0.1, -0.05) is 58.0 Å². The SMILES string of the molecule is CC(C)CC(=O)OCc1ccccc1.COC(=O)CC(C)C. The zero-order valence-electron chi connectivity index (χ0n) is 14.3. The van der Waals surface area contributed by atoms with Crippen molar-refractivity contribution in [3.8, 4) is 0 Å². The molecule has 1 aromatic carbocycles. The van der Waals surface area contributed by atoms with Crippen LogP contribution in [-0.2, 0) is 25.7 Å². The number of carbonyl (C=O) groups excluding carboxylic acids is 2. The summed E-state index contributed by atoms with van der Waals surface area (Å²) in [5, 5.41) is 0. The van der Waals surface area contributed by atoms with Gasteiger partial charge in [-0.15, -0.1) is 0 Å². The molecule has 0 aliphatic rings. The minimum atomic E-state index is -0.125. The van der Waals surface area contributed by atoms with E-state index >= 15 is 0 Å². The number of rotatable bonds is 6. The summed E-state index contributed by atoms with van der Waals surface area (Å²) in [5.74, 6) is 0.518. The van der Waals surface area contributed by atoms with Crippen molar-refractivity contribution in [3.63, 3.8) is 0 Å². The molecule has 0 fully saturated rings. The first-order valence-electron chi connectivity index (χ1n) is 7.61. The zero-order chi connectivity index (χ0) is 17.0. The summed E-state index contributed by atoms with van der Waals surface area (Å²) in [6.45, 7) is 8.35. The lowest BCUT2D eigenvalue weighted by molar-refractivity contribution is -0.146. The van der Waals surface area contributed by atoms with Crippen LogP contribution in [0, 0.1) is 11.8 Å². The van der Waals surface area contributed by atoms with Crippen LogP contribution in [0.2, 0.25) is 0 Å². The lowest BCUT2D eigenvalue weighted by Crippen LogP contribution is -2.07. The molecule has 1 aromatic rings. The monoisotopic (exact) mass is 308 g/mol. The molecule has 0 radical (unpaired) electrons. The molecule has 22 heavy (non-hydrogen) atoms. The lowest BCUT2D eigenvalue weighted by Gasteiger charge is -2.06. The second kappa shape index (κ2) is 11.8. The highest BCUT2D eigenvalue weighted by molar-refractivity contribution is 5.69. The third kappa shape index (κ3) is 11.9. The number of hydrogen-bond donors (Lipinski definition) is 0. The lowest BCUT2D eigenvalue weighted by atomic mass is 10.1. The van der Waals surface area contributed by atoms with E-state index in [1.54, 1.807) is 0 Å². The Kier molecular flexibility index (Phi) is 10.8. The van der Waals surface area contributed by atoms with Crippen molar-refractivity contribution in [2.45, 2.75) is 47.1 Å². The van der Waals surface area contributed by atoms with E-state index in [1.807, 2.05) is 58.0 Å². The van der Waals surface area contributed by atoms with Crippen molar-refractivity contribution in [1.82, 2.24) is 0 Å². The van der Waals surface area contributed by atoms with E-state index in [0.717, 1.165) is 5.56 Å². The summed E-state index contributed by atoms with van der Waals surface area (Å²) < 4.78 is 9.52. The van der Waals surface area contributed by atoms with Gasteiger partial charge in [-0.05, 0) is 17.4 Å². The molecular formula is C18H28O4. The summed E-state index contributed by atoms with van der Waals surface area (Å²) in [7, 11) is 1.41. The smallest absolute Gasteiger partial charge is 0.306 e. The minimum Gasteiger partial charge on any atom is -0.469 e. The Labute approximate surface area is 133 Å². The van der Waals surface area contributed by atoms with E-state index in [0.29, 0.717) is 31.3 Å². The largest absolute Gasteiger partial charge is 0.469 e. The van der Waals surface area contributed by atoms with Gasteiger partial charge in [0.15, 0.2) is 0 Å². The maximum Gasteiger partial charge on any atom is 0.306 e. The van der Waals surface area contributed by atoms with Gasteiger partial charge in [0, 0.05) is 12.8 Å². The fourth-order valence-electron chi connectivity index (χ4n) is 1.55. The van der Waals surface area contributed by atoms with E-state index in [2.05, 4.69) is 4.74 Å². The molecule has 0 unspecified atom stereocenters. The standard InChI is InChI=1S/C12H16O2.C6H12O2/c1-10(2)8-12(13)14-9-11-6-4-3-5-7-11;1-5(2)4-6(7)8-3/h3-7,10H,8-9H2,1-2H3;5H,4H2,1-3H3. The molecule has 0 spiro atoms. The normalized spacial score (nSPS) is 9.95. The molecule has 0 aromatic heterocycles. The molecule has 4 nitrogen and oxygen atoms in total. The highest BCUT2D eigenvalue weighted by Crippen LogP contribution is 2.05. The Hall–Kier alpha value is -1.84. The third-order valence-electron chi connectivity index (χ3n) is 2.62. The summed E-state index contributed by atoms with van der Waals surface area (Å²) >= 11 is 0. The highest BCUT2D eigenvalue weighted by atomic mass is 16.5. The molecule has 0 aliphatic carbocycles. The Balaban J connectivity index is 0.000000472. The maximum atomic E-state index is 11.2. The molecular weight excluding hydrogens is 280 g/mol. The quantitative estimate of drug-likeness (QED) is 0.746. The van der Waals surface area contributed by atoms with E-state index in [-0.39, 0.29) is 11.9 Å². The van der Waals surface area contributed by atoms with Crippen LogP contribution in [0.4, 0.5) is 0 Å². The van der Waals surface area contributed by atoms with Crippen molar-refractivity contribution >= 4 is 11.9 Å². The minimum absolute atomic E-state index is 0.121. The van der Waals surface area contributed by atoms with Gasteiger partial charge in [0.2, 0.25) is 0 Å². The van der Waals surface area contributed by atoms with Crippen molar-refractivity contribution in [1.29, 1.82) is 0 Å². The number of methoxy groups -OCH3 is 1. The topological polar surface area (TPSA) is 52.6 Å². The first-order valence-corrected chi connectivity index (χ1v) is 7.61. The van der Waals surface area contributed by atoms with Gasteiger partial charge in [-0.25, -0.2) is 0 Å². The molecule has 0 saturated carbocycles. The Morgan fingerprint density at radius 3 is 1.82 bits per heavy atom. The van der Waals surface area contributed by atoms with Crippen LogP contribution in [0.25, 0.3) is 0 Å². The van der Waals surface area contributed by atoms with E-state index in [4.69, 9.17) is 4.74 Å². The molecule has 0 N–H and O–H groups in total. The Morgan fingerprint density at radius 1 is 0.909 bits per heavy atom. The van der Waals surface area contributed by atoms with Gasteiger partial charge in [-0.3, -0.25) is 9.59 Å². The second-order valence-electron chi connectivity index (χ2n) is 5.92. The Morgan fingerprint density at radius 2 is 1.41 bits per heavy atom. The summed E-state index contributed by atoms with van der Waals surface area (Å²) in [6.07, 6.45) is 1.02. The molecule has 4 heteroatoms. The average molecular weight is 308 g/mol. The van der Waals surface area contributed by atoms with Crippen LogP contribution in [-0.4, -0.2) is 19.0 Å². The molecule has 0 saturated heterocycles. The summed E-state index contributed by atoms with van der Waals surface area (Å²) in [6, 6.07) is 9.71. The predicted octanol–water partition coefficient (Wildman–Crippen LogP) is 3.98. The van der Waals surface area contributed by atoms with Crippen molar-refractivity contribution < 1.29 is 19.1 Å². The zero-order valence-corrected chi connectivity index (χ0v) is 14.3. The molecule has 0 aliphatic heterocycles. The van der Waals surface area contributed by atoms with Crippen LogP contribution < -0.4 is 0 Å². The van der Waals surface area contributed by atoms with Crippen molar-refractivity contribution in [2.75, 3.05) is 7.11 Å². The fourth-order valence-corrected chi connectivity index (χ4v) is 1.55. The average Bonchev–Trinajstić information content (AvgIpc) is 2.45. The predicted molar refractivity (Wildman–Crippen MR) is 87.2 cm³/mol. The first kappa shape index (κ1) is 20.2. The third-order valence-corrected chi connectivity index (χ3v) is 2.62. The van der Waals surface area contributed by atoms with Gasteiger partial charge in [-0.2, -0.15) is 0 Å². The maximum absolute atomic E-state index is 11.2. The molecule has 1 rings (SSSR count). The molecule has 124 valence electrons. The van der Waals surface area contributed by atoms with Crippen LogP contribution in [0.5, 0.6) is 0 Å². The number of carbonyl (C=O) groups is 2. The van der Waals surface area contributed by atoms with E-state index in [1.165, 1.54) is 7.11 Å². The summed E-state index contributed by atoms with van der Waals surface area (Å²) in [5.41, 5.74) is 1.03. The fraction of sp³-hybridized carbons (Fsp3) is 0.556. The van der Waals surface area contributed by atoms with Crippen molar-refractivity contribution in [2.24, 2.45) is 11.8 Å². The number of hydrogen-bond acceptors (Lipinski definition) is 4. The van der Waals surface area contributed by atoms with E-state index in [9.17, 15) is 9.59 Å².